The minimum Gasteiger partial charge on any atom is -0.497 e. The van der Waals surface area contributed by atoms with Crippen LogP contribution in [0.25, 0.3) is 0 Å². The van der Waals surface area contributed by atoms with Crippen molar-refractivity contribution in [3.63, 3.8) is 0 Å². The molecule has 208 valence electrons. The summed E-state index contributed by atoms with van der Waals surface area (Å²) in [7, 11) is -2.55. The first-order valence-electron chi connectivity index (χ1n) is 12.6. The Morgan fingerprint density at radius 3 is 2.23 bits per heavy atom. The quantitative estimate of drug-likeness (QED) is 0.314. The molecule has 8 nitrogen and oxygen atoms in total. The van der Waals surface area contributed by atoms with Crippen molar-refractivity contribution >= 4 is 43.5 Å². The number of hydrogen-bond acceptors (Lipinski definition) is 5. The van der Waals surface area contributed by atoms with E-state index in [1.807, 2.05) is 19.9 Å². The van der Waals surface area contributed by atoms with E-state index in [0.29, 0.717) is 18.0 Å². The molecular weight excluding hydrogens is 582 g/mol. The Morgan fingerprint density at radius 2 is 1.62 bits per heavy atom. The summed E-state index contributed by atoms with van der Waals surface area (Å²) in [5, 5.41) is 2.88. The molecule has 0 heterocycles. The molecule has 0 aromatic heterocycles. The van der Waals surface area contributed by atoms with E-state index < -0.39 is 28.5 Å². The number of methoxy groups -OCH3 is 1. The Morgan fingerprint density at radius 1 is 0.949 bits per heavy atom. The fourth-order valence-corrected chi connectivity index (χ4v) is 5.56. The second kappa shape index (κ2) is 13.6. The third-order valence-electron chi connectivity index (χ3n) is 6.06. The van der Waals surface area contributed by atoms with Crippen LogP contribution in [-0.4, -0.2) is 51.4 Å². The second-order valence-corrected chi connectivity index (χ2v) is 12.3. The zero-order chi connectivity index (χ0) is 28.6. The summed E-state index contributed by atoms with van der Waals surface area (Å²) in [5.41, 5.74) is 1.07. The third kappa shape index (κ3) is 8.06. The van der Waals surface area contributed by atoms with Gasteiger partial charge in [-0.15, -0.1) is 0 Å². The van der Waals surface area contributed by atoms with Gasteiger partial charge in [-0.05, 0) is 66.9 Å². The second-order valence-electron chi connectivity index (χ2n) is 9.49. The van der Waals surface area contributed by atoms with E-state index in [1.165, 1.54) is 17.0 Å². The first-order chi connectivity index (χ1) is 18.5. The first-order valence-corrected chi connectivity index (χ1v) is 14.8. The minimum atomic E-state index is -4.10. The molecule has 3 rings (SSSR count). The molecule has 3 aromatic rings. The number of hydrogen-bond donors (Lipinski definition) is 1. The number of nitrogens with one attached hydrogen (secondary N) is 1. The molecule has 0 saturated carbocycles. The normalized spacial score (nSPS) is 12.1. The highest BCUT2D eigenvalue weighted by Gasteiger charge is 2.32. The zero-order valence-corrected chi connectivity index (χ0v) is 24.9. The van der Waals surface area contributed by atoms with Crippen molar-refractivity contribution < 1.29 is 22.7 Å². The molecule has 0 saturated heterocycles. The van der Waals surface area contributed by atoms with E-state index in [1.54, 1.807) is 74.7 Å². The van der Waals surface area contributed by atoms with Crippen LogP contribution >= 0.6 is 15.9 Å². The van der Waals surface area contributed by atoms with Gasteiger partial charge in [0.05, 0.1) is 17.7 Å². The van der Waals surface area contributed by atoms with Gasteiger partial charge in [-0.3, -0.25) is 13.9 Å². The third-order valence-corrected chi connectivity index (χ3v) is 8.38. The lowest BCUT2D eigenvalue weighted by molar-refractivity contribution is -0.139. The molecule has 1 atom stereocenters. The number of sulfonamides is 1. The van der Waals surface area contributed by atoms with Crippen LogP contribution in [-0.2, 0) is 26.2 Å². The van der Waals surface area contributed by atoms with Crippen LogP contribution in [0.4, 0.5) is 5.69 Å². The van der Waals surface area contributed by atoms with Crippen molar-refractivity contribution in [2.45, 2.75) is 38.3 Å². The molecule has 0 aliphatic heterocycles. The Kier molecular flexibility index (Phi) is 10.5. The van der Waals surface area contributed by atoms with Gasteiger partial charge in [0.2, 0.25) is 11.8 Å². The average molecular weight is 617 g/mol. The van der Waals surface area contributed by atoms with E-state index in [2.05, 4.69) is 21.2 Å². The highest BCUT2D eigenvalue weighted by Crippen LogP contribution is 2.26. The SMILES string of the molecule is COc1cccc(CN(C(=O)CN(c2ccc(Br)cc2)S(=O)(=O)c2ccccc2)[C@H](C)C(=O)NCC(C)C)c1. The molecule has 0 spiro atoms. The highest BCUT2D eigenvalue weighted by molar-refractivity contribution is 9.10. The number of ether oxygens (including phenoxy) is 1. The molecule has 3 aromatic carbocycles. The maximum absolute atomic E-state index is 13.9. The number of rotatable bonds is 12. The average Bonchev–Trinajstić information content (AvgIpc) is 2.93. The maximum Gasteiger partial charge on any atom is 0.264 e. The smallest absolute Gasteiger partial charge is 0.264 e. The Hall–Kier alpha value is -3.37. The van der Waals surface area contributed by atoms with E-state index in [4.69, 9.17) is 4.74 Å². The number of anilines is 1. The van der Waals surface area contributed by atoms with Crippen LogP contribution in [0.15, 0.2) is 88.2 Å². The summed E-state index contributed by atoms with van der Waals surface area (Å²) >= 11 is 3.37. The predicted octanol–water partition coefficient (Wildman–Crippen LogP) is 4.84. The topological polar surface area (TPSA) is 96.0 Å². The highest BCUT2D eigenvalue weighted by atomic mass is 79.9. The van der Waals surface area contributed by atoms with Gasteiger partial charge in [-0.1, -0.05) is 60.1 Å². The molecule has 0 fully saturated rings. The Labute approximate surface area is 239 Å². The van der Waals surface area contributed by atoms with Gasteiger partial charge in [0.15, 0.2) is 0 Å². The van der Waals surface area contributed by atoms with Crippen LogP contribution in [0.5, 0.6) is 5.75 Å². The van der Waals surface area contributed by atoms with Crippen molar-refractivity contribution in [2.24, 2.45) is 5.92 Å². The summed E-state index contributed by atoms with van der Waals surface area (Å²) in [6.07, 6.45) is 0. The number of carbonyl (C=O) groups is 2. The summed E-state index contributed by atoms with van der Waals surface area (Å²) in [4.78, 5) is 28.4. The van der Waals surface area contributed by atoms with Crippen LogP contribution < -0.4 is 14.4 Å². The van der Waals surface area contributed by atoms with E-state index in [-0.39, 0.29) is 23.3 Å². The summed E-state index contributed by atoms with van der Waals surface area (Å²) < 4.78 is 34.7. The number of carbonyl (C=O) groups excluding carboxylic acids is 2. The molecule has 1 N–H and O–H groups in total. The molecular formula is C29H34BrN3O5S. The van der Waals surface area contributed by atoms with Gasteiger partial charge in [0.1, 0.15) is 18.3 Å². The van der Waals surface area contributed by atoms with E-state index in [9.17, 15) is 18.0 Å². The zero-order valence-electron chi connectivity index (χ0n) is 22.5. The van der Waals surface area contributed by atoms with E-state index in [0.717, 1.165) is 14.3 Å². The monoisotopic (exact) mass is 615 g/mol. The van der Waals surface area contributed by atoms with Crippen LogP contribution in [0.3, 0.4) is 0 Å². The van der Waals surface area contributed by atoms with Gasteiger partial charge in [0, 0.05) is 17.6 Å². The number of amides is 2. The van der Waals surface area contributed by atoms with Gasteiger partial charge in [-0.2, -0.15) is 0 Å². The molecule has 0 bridgehead atoms. The minimum absolute atomic E-state index is 0.0581. The fraction of sp³-hybridized carbons (Fsp3) is 0.310. The summed E-state index contributed by atoms with van der Waals surface area (Å²) in [6.45, 7) is 5.65. The molecule has 0 aliphatic carbocycles. The molecule has 0 aliphatic rings. The largest absolute Gasteiger partial charge is 0.497 e. The molecule has 0 radical (unpaired) electrons. The summed E-state index contributed by atoms with van der Waals surface area (Å²) in [5.74, 6) is 0.000972. The number of benzene rings is 3. The van der Waals surface area contributed by atoms with Crippen LogP contribution in [0.2, 0.25) is 0 Å². The van der Waals surface area contributed by atoms with Gasteiger partial charge in [0.25, 0.3) is 10.0 Å². The maximum atomic E-state index is 13.9. The predicted molar refractivity (Wildman–Crippen MR) is 156 cm³/mol. The van der Waals surface area contributed by atoms with Crippen molar-refractivity contribution in [3.8, 4) is 5.75 Å². The lowest BCUT2D eigenvalue weighted by Crippen LogP contribution is -2.51. The molecule has 39 heavy (non-hydrogen) atoms. The number of halogens is 1. The van der Waals surface area contributed by atoms with Crippen molar-refractivity contribution in [1.29, 1.82) is 0 Å². The Bertz CT molecular complexity index is 1370. The summed E-state index contributed by atoms with van der Waals surface area (Å²) in [6, 6.07) is 21.0. The molecule has 0 unspecified atom stereocenters. The van der Waals surface area contributed by atoms with Crippen molar-refractivity contribution in [3.05, 3.63) is 88.9 Å². The number of nitrogens with zero attached hydrogens (tertiary/aromatic N) is 2. The first kappa shape index (κ1) is 30.2. The lowest BCUT2D eigenvalue weighted by Gasteiger charge is -2.32. The molecule has 2 amide bonds. The molecule has 10 heteroatoms. The van der Waals surface area contributed by atoms with Crippen LogP contribution in [0, 0.1) is 5.92 Å². The van der Waals surface area contributed by atoms with Gasteiger partial charge >= 0.3 is 0 Å². The van der Waals surface area contributed by atoms with Crippen molar-refractivity contribution in [1.82, 2.24) is 10.2 Å². The Balaban J connectivity index is 2.00. The van der Waals surface area contributed by atoms with Gasteiger partial charge in [-0.25, -0.2) is 8.42 Å². The van der Waals surface area contributed by atoms with Crippen LogP contribution in [0.1, 0.15) is 26.3 Å². The van der Waals surface area contributed by atoms with Gasteiger partial charge < -0.3 is 15.0 Å². The fourth-order valence-electron chi connectivity index (χ4n) is 3.86. The standard InChI is InChI=1S/C29H34BrN3O5S/c1-21(2)18-31-29(35)22(3)32(19-23-9-8-10-26(17-23)38-4)28(34)20-33(25-15-13-24(30)14-16-25)39(36,37)27-11-6-5-7-12-27/h5-17,21-22H,18-20H2,1-4H3,(H,31,35)/t22-/m1/s1. The van der Waals surface area contributed by atoms with Crippen molar-refractivity contribution in [2.75, 3.05) is 24.5 Å². The lowest BCUT2D eigenvalue weighted by atomic mass is 10.1. The van der Waals surface area contributed by atoms with E-state index >= 15 is 0 Å².